The smallest absolute Gasteiger partial charge is 0.156 e. The Morgan fingerprint density at radius 1 is 1.35 bits per heavy atom. The maximum absolute atomic E-state index is 4.78. The van der Waals surface area contributed by atoms with Crippen LogP contribution in [-0.4, -0.2) is 48.5 Å². The predicted octanol–water partition coefficient (Wildman–Crippen LogP) is 2.19. The van der Waals surface area contributed by atoms with Crippen molar-refractivity contribution in [3.05, 3.63) is 0 Å². The second kappa shape index (κ2) is 6.64. The molecule has 0 bridgehead atoms. The molecule has 0 aromatic carbocycles. The van der Waals surface area contributed by atoms with Crippen LogP contribution in [0.3, 0.4) is 0 Å². The number of nitrogens with zero attached hydrogens (tertiary/aromatic N) is 2. The van der Waals surface area contributed by atoms with Crippen molar-refractivity contribution in [2.24, 2.45) is 10.9 Å². The van der Waals surface area contributed by atoms with Gasteiger partial charge < -0.3 is 10.2 Å². The fraction of sp³-hybridized carbons (Fsp3) is 0.923. The highest BCUT2D eigenvalue weighted by atomic mass is 32.2. The molecule has 2 rings (SSSR count). The summed E-state index contributed by atoms with van der Waals surface area (Å²) in [6.07, 6.45) is 5.13. The minimum Gasteiger partial charge on any atom is -0.362 e. The van der Waals surface area contributed by atoms with Gasteiger partial charge in [-0.15, -0.1) is 0 Å². The van der Waals surface area contributed by atoms with Crippen molar-refractivity contribution in [3.63, 3.8) is 0 Å². The highest BCUT2D eigenvalue weighted by Gasteiger charge is 2.18. The summed E-state index contributed by atoms with van der Waals surface area (Å²) in [4.78, 5) is 7.20. The molecule has 3 nitrogen and oxygen atoms in total. The monoisotopic (exact) mass is 255 g/mol. The van der Waals surface area contributed by atoms with Crippen LogP contribution in [0.5, 0.6) is 0 Å². The van der Waals surface area contributed by atoms with E-state index >= 15 is 0 Å². The molecular weight excluding hydrogens is 230 g/mol. The van der Waals surface area contributed by atoms with Crippen LogP contribution >= 0.6 is 11.8 Å². The first-order chi connectivity index (χ1) is 8.28. The first kappa shape index (κ1) is 13.2. The third-order valence-corrected chi connectivity index (χ3v) is 4.82. The summed E-state index contributed by atoms with van der Waals surface area (Å²) in [5.74, 6) is 2.04. The van der Waals surface area contributed by atoms with Crippen molar-refractivity contribution < 1.29 is 0 Å². The van der Waals surface area contributed by atoms with Gasteiger partial charge in [-0.25, -0.2) is 0 Å². The van der Waals surface area contributed by atoms with E-state index in [2.05, 4.69) is 24.2 Å². The number of hydrogen-bond acceptors (Lipinski definition) is 3. The maximum atomic E-state index is 4.78. The van der Waals surface area contributed by atoms with E-state index in [1.807, 2.05) is 11.8 Å². The molecule has 0 spiro atoms. The normalized spacial score (nSPS) is 30.5. The summed E-state index contributed by atoms with van der Waals surface area (Å²) in [5, 5.41) is 4.75. The molecule has 1 atom stereocenters. The van der Waals surface area contributed by atoms with Crippen molar-refractivity contribution >= 4 is 16.9 Å². The number of amidine groups is 1. The summed E-state index contributed by atoms with van der Waals surface area (Å²) < 4.78 is 0. The van der Waals surface area contributed by atoms with Gasteiger partial charge in [-0.1, -0.05) is 18.7 Å². The number of aliphatic imine (C=N–C) groups is 1. The molecule has 0 saturated carbocycles. The summed E-state index contributed by atoms with van der Waals surface area (Å²) in [7, 11) is 2.21. The molecule has 2 heterocycles. The van der Waals surface area contributed by atoms with Gasteiger partial charge in [0, 0.05) is 18.3 Å². The molecule has 0 aromatic heterocycles. The van der Waals surface area contributed by atoms with Gasteiger partial charge >= 0.3 is 0 Å². The van der Waals surface area contributed by atoms with Crippen LogP contribution in [-0.2, 0) is 0 Å². The van der Waals surface area contributed by atoms with Crippen molar-refractivity contribution in [3.8, 4) is 0 Å². The zero-order valence-electron chi connectivity index (χ0n) is 11.1. The first-order valence-electron chi connectivity index (χ1n) is 6.90. The minimum atomic E-state index is 0.660. The fourth-order valence-corrected chi connectivity index (χ4v) is 3.45. The van der Waals surface area contributed by atoms with Crippen LogP contribution in [0.1, 0.15) is 32.6 Å². The van der Waals surface area contributed by atoms with Crippen molar-refractivity contribution in [1.29, 1.82) is 0 Å². The molecule has 0 aromatic rings. The van der Waals surface area contributed by atoms with Crippen LogP contribution in [0.4, 0.5) is 0 Å². The number of thioether (sulfide) groups is 1. The summed E-state index contributed by atoms with van der Waals surface area (Å²) in [6.45, 7) is 5.77. The second-order valence-electron chi connectivity index (χ2n) is 5.28. The van der Waals surface area contributed by atoms with Gasteiger partial charge in [0.15, 0.2) is 5.17 Å². The zero-order chi connectivity index (χ0) is 12.1. The molecule has 98 valence electrons. The summed E-state index contributed by atoms with van der Waals surface area (Å²) in [5.41, 5.74) is 0. The van der Waals surface area contributed by atoms with Crippen LogP contribution in [0.25, 0.3) is 0 Å². The van der Waals surface area contributed by atoms with Crippen molar-refractivity contribution in [2.45, 2.75) is 38.6 Å². The van der Waals surface area contributed by atoms with E-state index < -0.39 is 0 Å². The molecule has 0 aliphatic carbocycles. The number of likely N-dealkylation sites (tertiary alicyclic amines) is 1. The first-order valence-corrected chi connectivity index (χ1v) is 7.88. The lowest BCUT2D eigenvalue weighted by Gasteiger charge is -2.29. The van der Waals surface area contributed by atoms with E-state index in [0.29, 0.717) is 6.04 Å². The standard InChI is InChI=1S/C13H25N3S/c1-3-12-6-9-17-13(15-12)14-10-11-4-7-16(2)8-5-11/h11-12H,3-10H2,1-2H3,(H,14,15). The van der Waals surface area contributed by atoms with E-state index in [1.54, 1.807) is 0 Å². The molecule has 0 radical (unpaired) electrons. The molecule has 0 amide bonds. The Morgan fingerprint density at radius 3 is 2.82 bits per heavy atom. The van der Waals surface area contributed by atoms with Crippen LogP contribution in [0.2, 0.25) is 0 Å². The van der Waals surface area contributed by atoms with Gasteiger partial charge in [-0.05, 0) is 51.7 Å². The van der Waals surface area contributed by atoms with Crippen LogP contribution in [0, 0.1) is 5.92 Å². The highest BCUT2D eigenvalue weighted by molar-refractivity contribution is 8.13. The molecule has 17 heavy (non-hydrogen) atoms. The van der Waals surface area contributed by atoms with Gasteiger partial charge in [0.25, 0.3) is 0 Å². The Labute approximate surface area is 109 Å². The van der Waals surface area contributed by atoms with Gasteiger partial charge in [-0.3, -0.25) is 4.99 Å². The Kier molecular flexibility index (Phi) is 5.16. The number of hydrogen-bond donors (Lipinski definition) is 1. The topological polar surface area (TPSA) is 27.6 Å². The lowest BCUT2D eigenvalue weighted by molar-refractivity contribution is 0.224. The number of rotatable bonds is 3. The zero-order valence-corrected chi connectivity index (χ0v) is 11.9. The van der Waals surface area contributed by atoms with E-state index in [0.717, 1.165) is 12.5 Å². The van der Waals surface area contributed by atoms with Crippen LogP contribution in [0.15, 0.2) is 4.99 Å². The summed E-state index contributed by atoms with van der Waals surface area (Å²) >= 11 is 1.90. The van der Waals surface area contributed by atoms with Gasteiger partial charge in [0.1, 0.15) is 0 Å². The van der Waals surface area contributed by atoms with Crippen molar-refractivity contribution in [2.75, 3.05) is 32.4 Å². The van der Waals surface area contributed by atoms with E-state index in [1.165, 1.54) is 49.7 Å². The van der Waals surface area contributed by atoms with E-state index in [-0.39, 0.29) is 0 Å². The fourth-order valence-electron chi connectivity index (χ4n) is 2.44. The largest absolute Gasteiger partial charge is 0.362 e. The Hall–Kier alpha value is -0.220. The quantitative estimate of drug-likeness (QED) is 0.838. The van der Waals surface area contributed by atoms with E-state index in [4.69, 9.17) is 4.99 Å². The molecule has 4 heteroatoms. The second-order valence-corrected chi connectivity index (χ2v) is 6.36. The number of piperidine rings is 1. The average molecular weight is 255 g/mol. The third-order valence-electron chi connectivity index (χ3n) is 3.86. The van der Waals surface area contributed by atoms with Gasteiger partial charge in [0.2, 0.25) is 0 Å². The van der Waals surface area contributed by atoms with Crippen molar-refractivity contribution in [1.82, 2.24) is 10.2 Å². The maximum Gasteiger partial charge on any atom is 0.156 e. The molecule has 2 aliphatic heterocycles. The lowest BCUT2D eigenvalue weighted by atomic mass is 9.97. The molecule has 2 saturated heterocycles. The lowest BCUT2D eigenvalue weighted by Crippen LogP contribution is -2.38. The Balaban J connectivity index is 1.75. The molecule has 1 unspecified atom stereocenters. The van der Waals surface area contributed by atoms with Crippen LogP contribution < -0.4 is 5.32 Å². The molecule has 2 aliphatic rings. The predicted molar refractivity (Wildman–Crippen MR) is 76.8 cm³/mol. The number of nitrogens with one attached hydrogen (secondary N) is 1. The average Bonchev–Trinajstić information content (AvgIpc) is 2.38. The highest BCUT2D eigenvalue weighted by Crippen LogP contribution is 2.19. The van der Waals surface area contributed by atoms with Gasteiger partial charge in [-0.2, -0.15) is 0 Å². The minimum absolute atomic E-state index is 0.660. The Morgan fingerprint density at radius 2 is 2.12 bits per heavy atom. The summed E-state index contributed by atoms with van der Waals surface area (Å²) in [6, 6.07) is 0.660. The van der Waals surface area contributed by atoms with Gasteiger partial charge in [0.05, 0.1) is 0 Å². The SMILES string of the molecule is CCC1CCSC(=NCC2CCN(C)CC2)N1. The Bertz CT molecular complexity index is 259. The molecular formula is C13H25N3S. The van der Waals surface area contributed by atoms with E-state index in [9.17, 15) is 0 Å². The molecule has 1 N–H and O–H groups in total. The molecule has 2 fully saturated rings. The third kappa shape index (κ3) is 4.18.